The normalized spacial score (nSPS) is 11.7. The number of carboxylic acid groups (broad SMARTS) is 1. The molecule has 0 unspecified atom stereocenters. The number of carbonyl (C=O) groups is 1. The minimum atomic E-state index is -0.932. The van der Waals surface area contributed by atoms with Crippen LogP contribution in [0, 0.1) is 0 Å². The second-order valence-electron chi connectivity index (χ2n) is 4.35. The van der Waals surface area contributed by atoms with Crippen molar-refractivity contribution >= 4 is 34.4 Å². The van der Waals surface area contributed by atoms with Gasteiger partial charge in [0.05, 0.1) is 7.11 Å². The number of benzene rings is 2. The number of methoxy groups -OCH3 is 1. The topological polar surface area (TPSA) is 46.5 Å². The molecule has 2 aromatic carbocycles. The molecule has 20 heavy (non-hydrogen) atoms. The molecule has 0 aromatic heterocycles. The Bertz CT molecular complexity index is 689. The Morgan fingerprint density at radius 3 is 2.55 bits per heavy atom. The summed E-state index contributed by atoms with van der Waals surface area (Å²) in [5.41, 5.74) is 0.991. The van der Waals surface area contributed by atoms with Crippen LogP contribution in [0.4, 0.5) is 0 Å². The summed E-state index contributed by atoms with van der Waals surface area (Å²) in [6, 6.07) is 9.35. The van der Waals surface area contributed by atoms with Crippen molar-refractivity contribution in [2.75, 3.05) is 7.11 Å². The van der Waals surface area contributed by atoms with Gasteiger partial charge in [-0.15, -0.1) is 0 Å². The third kappa shape index (κ3) is 2.63. The first-order valence-corrected chi connectivity index (χ1v) is 6.65. The fourth-order valence-corrected chi connectivity index (χ4v) is 2.44. The van der Waals surface area contributed by atoms with Gasteiger partial charge in [-0.1, -0.05) is 42.8 Å². The van der Waals surface area contributed by atoms with Gasteiger partial charge < -0.3 is 9.84 Å². The lowest BCUT2D eigenvalue weighted by atomic mass is 10.0. The molecule has 0 radical (unpaired) electrons. The number of ether oxygens (including phenoxy) is 1. The quantitative estimate of drug-likeness (QED) is 0.850. The molecule has 0 aliphatic rings. The van der Waals surface area contributed by atoms with Gasteiger partial charge in [0.2, 0.25) is 0 Å². The predicted molar refractivity (Wildman–Crippen MR) is 81.4 cm³/mol. The number of halogens is 1. The molecule has 0 saturated heterocycles. The fraction of sp³-hybridized carbons (Fsp3) is 0.188. The van der Waals surface area contributed by atoms with Crippen molar-refractivity contribution in [2.45, 2.75) is 13.3 Å². The van der Waals surface area contributed by atoms with Crippen LogP contribution in [0.5, 0.6) is 5.75 Å². The summed E-state index contributed by atoms with van der Waals surface area (Å²) in [6.45, 7) is 1.80. The van der Waals surface area contributed by atoms with Gasteiger partial charge in [0, 0.05) is 26.9 Å². The summed E-state index contributed by atoms with van der Waals surface area (Å²) in [4.78, 5) is 11.1. The minimum absolute atomic E-state index is 0.314. The smallest absolute Gasteiger partial charge is 0.331 e. The van der Waals surface area contributed by atoms with Crippen molar-refractivity contribution in [1.29, 1.82) is 0 Å². The predicted octanol–water partition coefficient (Wildman–Crippen LogP) is 4.38. The first-order chi connectivity index (χ1) is 9.58. The van der Waals surface area contributed by atoms with Crippen LogP contribution in [0.3, 0.4) is 0 Å². The van der Waals surface area contributed by atoms with Crippen molar-refractivity contribution in [2.24, 2.45) is 0 Å². The Balaban J connectivity index is 2.74. The van der Waals surface area contributed by atoms with Crippen LogP contribution in [-0.2, 0) is 4.79 Å². The Labute approximate surface area is 122 Å². The van der Waals surface area contributed by atoms with Crippen LogP contribution in [0.2, 0.25) is 5.02 Å². The van der Waals surface area contributed by atoms with Gasteiger partial charge in [0.1, 0.15) is 5.75 Å². The second-order valence-corrected chi connectivity index (χ2v) is 4.76. The SMILES string of the molecule is CC/C(=C\c1cc(Cl)c2ccccc2c1OC)C(=O)O. The van der Waals surface area contributed by atoms with E-state index in [1.165, 1.54) is 0 Å². The monoisotopic (exact) mass is 290 g/mol. The number of hydrogen-bond acceptors (Lipinski definition) is 2. The molecule has 0 saturated carbocycles. The molecule has 0 heterocycles. The van der Waals surface area contributed by atoms with Gasteiger partial charge in [0.15, 0.2) is 0 Å². The lowest BCUT2D eigenvalue weighted by molar-refractivity contribution is -0.132. The van der Waals surface area contributed by atoms with E-state index >= 15 is 0 Å². The number of carboxylic acids is 1. The molecule has 0 aliphatic heterocycles. The third-order valence-electron chi connectivity index (χ3n) is 3.16. The minimum Gasteiger partial charge on any atom is -0.495 e. The summed E-state index contributed by atoms with van der Waals surface area (Å²) < 4.78 is 5.44. The lowest BCUT2D eigenvalue weighted by Gasteiger charge is -2.11. The first-order valence-electron chi connectivity index (χ1n) is 6.27. The summed E-state index contributed by atoms with van der Waals surface area (Å²) in [5, 5.41) is 11.5. The number of fused-ring (bicyclic) bond motifs is 1. The summed E-state index contributed by atoms with van der Waals surface area (Å²) in [5.74, 6) is -0.295. The molecule has 3 nitrogen and oxygen atoms in total. The average Bonchev–Trinajstić information content (AvgIpc) is 2.44. The fourth-order valence-electron chi connectivity index (χ4n) is 2.16. The molecule has 1 N–H and O–H groups in total. The van der Waals surface area contributed by atoms with Gasteiger partial charge in [-0.05, 0) is 18.6 Å². The Morgan fingerprint density at radius 2 is 2.00 bits per heavy atom. The Morgan fingerprint density at radius 1 is 1.35 bits per heavy atom. The van der Waals surface area contributed by atoms with Crippen molar-refractivity contribution < 1.29 is 14.6 Å². The average molecular weight is 291 g/mol. The molecule has 0 atom stereocenters. The third-order valence-corrected chi connectivity index (χ3v) is 3.48. The van der Waals surface area contributed by atoms with Crippen LogP contribution >= 0.6 is 11.6 Å². The standard InChI is InChI=1S/C16H15ClO3/c1-3-10(16(18)19)8-11-9-14(17)12-6-4-5-7-13(12)15(11)20-2/h4-9H,3H2,1-2H3,(H,18,19)/b10-8+. The maximum Gasteiger partial charge on any atom is 0.331 e. The molecule has 2 aromatic rings. The molecule has 0 fully saturated rings. The molecule has 0 amide bonds. The largest absolute Gasteiger partial charge is 0.495 e. The van der Waals surface area contributed by atoms with Crippen LogP contribution in [-0.4, -0.2) is 18.2 Å². The number of aliphatic carboxylic acids is 1. The number of hydrogen-bond donors (Lipinski definition) is 1. The number of rotatable bonds is 4. The van der Waals surface area contributed by atoms with E-state index < -0.39 is 5.97 Å². The molecular formula is C16H15ClO3. The van der Waals surface area contributed by atoms with Gasteiger partial charge in [-0.3, -0.25) is 0 Å². The van der Waals surface area contributed by atoms with Crippen LogP contribution in [0.15, 0.2) is 35.9 Å². The van der Waals surface area contributed by atoms with Crippen molar-refractivity contribution in [3.05, 3.63) is 46.5 Å². The molecule has 0 bridgehead atoms. The molecule has 0 aliphatic carbocycles. The van der Waals surface area contributed by atoms with Gasteiger partial charge >= 0.3 is 5.97 Å². The van der Waals surface area contributed by atoms with E-state index in [-0.39, 0.29) is 0 Å². The summed E-state index contributed by atoms with van der Waals surface area (Å²) in [7, 11) is 1.57. The van der Waals surface area contributed by atoms with Crippen molar-refractivity contribution in [3.63, 3.8) is 0 Å². The zero-order valence-corrected chi connectivity index (χ0v) is 12.1. The Kier molecular flexibility index (Phi) is 4.30. The highest BCUT2D eigenvalue weighted by molar-refractivity contribution is 6.36. The van der Waals surface area contributed by atoms with E-state index in [1.807, 2.05) is 24.3 Å². The second kappa shape index (κ2) is 5.97. The highest BCUT2D eigenvalue weighted by atomic mass is 35.5. The van der Waals surface area contributed by atoms with Crippen LogP contribution in [0.25, 0.3) is 16.8 Å². The van der Waals surface area contributed by atoms with Crippen LogP contribution < -0.4 is 4.74 Å². The van der Waals surface area contributed by atoms with E-state index in [1.54, 1.807) is 26.2 Å². The van der Waals surface area contributed by atoms with E-state index in [9.17, 15) is 4.79 Å². The molecule has 104 valence electrons. The molecular weight excluding hydrogens is 276 g/mol. The zero-order valence-electron chi connectivity index (χ0n) is 11.3. The van der Waals surface area contributed by atoms with Gasteiger partial charge in [-0.2, -0.15) is 0 Å². The van der Waals surface area contributed by atoms with Gasteiger partial charge in [0.25, 0.3) is 0 Å². The first kappa shape index (κ1) is 14.4. The summed E-state index contributed by atoms with van der Waals surface area (Å²) >= 11 is 6.27. The van der Waals surface area contributed by atoms with Gasteiger partial charge in [-0.25, -0.2) is 4.79 Å². The molecule has 2 rings (SSSR count). The van der Waals surface area contributed by atoms with E-state index in [2.05, 4.69) is 0 Å². The summed E-state index contributed by atoms with van der Waals surface area (Å²) in [6.07, 6.45) is 2.04. The van der Waals surface area contributed by atoms with E-state index in [4.69, 9.17) is 21.4 Å². The zero-order chi connectivity index (χ0) is 14.7. The highest BCUT2D eigenvalue weighted by Crippen LogP contribution is 2.36. The maximum absolute atomic E-state index is 11.1. The van der Waals surface area contributed by atoms with Crippen LogP contribution in [0.1, 0.15) is 18.9 Å². The lowest BCUT2D eigenvalue weighted by Crippen LogP contribution is -1.99. The molecule has 4 heteroatoms. The van der Waals surface area contributed by atoms with Crippen molar-refractivity contribution in [1.82, 2.24) is 0 Å². The molecule has 0 spiro atoms. The van der Waals surface area contributed by atoms with E-state index in [0.29, 0.717) is 28.3 Å². The van der Waals surface area contributed by atoms with E-state index in [0.717, 1.165) is 10.8 Å². The highest BCUT2D eigenvalue weighted by Gasteiger charge is 2.12. The Hall–Kier alpha value is -2.00. The maximum atomic E-state index is 11.1. The van der Waals surface area contributed by atoms with Crippen molar-refractivity contribution in [3.8, 4) is 5.75 Å².